The van der Waals surface area contributed by atoms with Crippen LogP contribution in [0.1, 0.15) is 30.9 Å². The number of rotatable bonds is 4. The van der Waals surface area contributed by atoms with Gasteiger partial charge in [-0.05, 0) is 23.6 Å². The van der Waals surface area contributed by atoms with Gasteiger partial charge in [0.05, 0.1) is 7.11 Å². The first-order chi connectivity index (χ1) is 7.10. The Morgan fingerprint density at radius 3 is 2.60 bits per heavy atom. The lowest BCUT2D eigenvalue weighted by atomic mass is 10.0. The number of benzene rings is 1. The van der Waals surface area contributed by atoms with Crippen molar-refractivity contribution in [1.29, 1.82) is 0 Å². The lowest BCUT2D eigenvalue weighted by Crippen LogP contribution is -2.07. The predicted molar refractivity (Wildman–Crippen MR) is 63.4 cm³/mol. The number of hydrogen-bond donors (Lipinski definition) is 2. The van der Waals surface area contributed by atoms with Gasteiger partial charge in [-0.15, -0.1) is 0 Å². The molecule has 0 amide bonds. The second-order valence-corrected chi connectivity index (χ2v) is 4.54. The van der Waals surface area contributed by atoms with Crippen LogP contribution < -0.4 is 10.2 Å². The van der Waals surface area contributed by atoms with E-state index in [1.807, 2.05) is 12.1 Å². The van der Waals surface area contributed by atoms with Crippen molar-refractivity contribution in [2.75, 3.05) is 7.11 Å². The maximum absolute atomic E-state index is 8.65. The highest BCUT2D eigenvalue weighted by Gasteiger charge is 2.12. The summed E-state index contributed by atoms with van der Waals surface area (Å²) in [5, 5.41) is 8.65. The number of nitrogens with one attached hydrogen (secondary N) is 1. The minimum Gasteiger partial charge on any atom is -0.496 e. The van der Waals surface area contributed by atoms with E-state index in [1.54, 1.807) is 7.11 Å². The highest BCUT2D eigenvalue weighted by atomic mass is 79.9. The third-order valence-electron chi connectivity index (χ3n) is 2.23. The molecule has 0 aliphatic carbocycles. The predicted octanol–water partition coefficient (Wildman–Crippen LogP) is 3.06. The van der Waals surface area contributed by atoms with Gasteiger partial charge >= 0.3 is 0 Å². The number of halogens is 1. The van der Waals surface area contributed by atoms with Gasteiger partial charge in [0.1, 0.15) is 5.75 Å². The fourth-order valence-corrected chi connectivity index (χ4v) is 2.52. The van der Waals surface area contributed by atoms with Crippen LogP contribution in [0.25, 0.3) is 0 Å². The minimum absolute atomic E-state index is 0.394. The van der Waals surface area contributed by atoms with Crippen LogP contribution in [0.2, 0.25) is 0 Å². The summed E-state index contributed by atoms with van der Waals surface area (Å²) in [5.41, 5.74) is 4.26. The Morgan fingerprint density at radius 1 is 1.47 bits per heavy atom. The molecule has 0 unspecified atom stereocenters. The largest absolute Gasteiger partial charge is 0.496 e. The molecule has 0 aliphatic rings. The van der Waals surface area contributed by atoms with Crippen LogP contribution in [0.5, 0.6) is 5.75 Å². The molecule has 15 heavy (non-hydrogen) atoms. The van der Waals surface area contributed by atoms with E-state index >= 15 is 0 Å². The van der Waals surface area contributed by atoms with Crippen molar-refractivity contribution in [3.63, 3.8) is 0 Å². The van der Waals surface area contributed by atoms with Gasteiger partial charge in [0.15, 0.2) is 0 Å². The molecule has 1 aromatic rings. The van der Waals surface area contributed by atoms with Crippen molar-refractivity contribution in [2.24, 2.45) is 0 Å². The van der Waals surface area contributed by atoms with Crippen LogP contribution in [0.4, 0.5) is 0 Å². The highest BCUT2D eigenvalue weighted by molar-refractivity contribution is 9.10. The fraction of sp³-hybridized carbons (Fsp3) is 0.455. The highest BCUT2D eigenvalue weighted by Crippen LogP contribution is 2.34. The normalized spacial score (nSPS) is 10.8. The van der Waals surface area contributed by atoms with Gasteiger partial charge in [-0.1, -0.05) is 29.8 Å². The smallest absolute Gasteiger partial charge is 0.123 e. The first-order valence-electron chi connectivity index (χ1n) is 4.83. The fourth-order valence-electron chi connectivity index (χ4n) is 1.57. The molecule has 0 atom stereocenters. The summed E-state index contributed by atoms with van der Waals surface area (Å²) in [6, 6.07) is 3.92. The molecule has 0 radical (unpaired) electrons. The monoisotopic (exact) mass is 273 g/mol. The molecule has 4 heteroatoms. The molecule has 1 aromatic carbocycles. The van der Waals surface area contributed by atoms with Crippen LogP contribution in [0.15, 0.2) is 16.6 Å². The van der Waals surface area contributed by atoms with E-state index in [9.17, 15) is 0 Å². The molecule has 0 bridgehead atoms. The van der Waals surface area contributed by atoms with Crippen molar-refractivity contribution in [1.82, 2.24) is 5.48 Å². The van der Waals surface area contributed by atoms with Gasteiger partial charge in [-0.2, -0.15) is 0 Å². The Kier molecular flexibility index (Phi) is 4.57. The van der Waals surface area contributed by atoms with Crippen molar-refractivity contribution in [3.8, 4) is 5.75 Å². The average Bonchev–Trinajstić information content (AvgIpc) is 2.16. The minimum atomic E-state index is 0.394. The quantitative estimate of drug-likeness (QED) is 0.829. The molecule has 1 rings (SSSR count). The molecule has 3 nitrogen and oxygen atoms in total. The van der Waals surface area contributed by atoms with E-state index in [0.717, 1.165) is 21.3 Å². The molecule has 0 fully saturated rings. The van der Waals surface area contributed by atoms with Gasteiger partial charge < -0.3 is 9.94 Å². The molecular formula is C11H16BrNO2. The maximum Gasteiger partial charge on any atom is 0.123 e. The van der Waals surface area contributed by atoms with E-state index in [-0.39, 0.29) is 0 Å². The third kappa shape index (κ3) is 2.93. The zero-order chi connectivity index (χ0) is 11.4. The van der Waals surface area contributed by atoms with Crippen LogP contribution in [-0.2, 0) is 6.54 Å². The zero-order valence-corrected chi connectivity index (χ0v) is 10.8. The van der Waals surface area contributed by atoms with Gasteiger partial charge in [-0.25, -0.2) is 5.48 Å². The van der Waals surface area contributed by atoms with E-state index < -0.39 is 0 Å². The van der Waals surface area contributed by atoms with Crippen LogP contribution in [0, 0.1) is 0 Å². The lowest BCUT2D eigenvalue weighted by molar-refractivity contribution is 0.161. The molecular weight excluding hydrogens is 258 g/mol. The van der Waals surface area contributed by atoms with E-state index in [4.69, 9.17) is 9.94 Å². The van der Waals surface area contributed by atoms with Crippen molar-refractivity contribution in [3.05, 3.63) is 27.7 Å². The standard InChI is InChI=1S/C11H16BrNO2/c1-7(2)11-9(12)4-8(6-13-14)5-10(11)15-3/h4-5,7,13-14H,6H2,1-3H3. The average molecular weight is 274 g/mol. The summed E-state index contributed by atoms with van der Waals surface area (Å²) >= 11 is 3.52. The second kappa shape index (κ2) is 5.49. The zero-order valence-electron chi connectivity index (χ0n) is 9.17. The molecule has 84 valence electrons. The van der Waals surface area contributed by atoms with E-state index in [1.165, 1.54) is 0 Å². The van der Waals surface area contributed by atoms with Gasteiger partial charge in [0.2, 0.25) is 0 Å². The van der Waals surface area contributed by atoms with E-state index in [2.05, 4.69) is 35.3 Å². The number of methoxy groups -OCH3 is 1. The Labute approximate surface area is 98.5 Å². The second-order valence-electron chi connectivity index (χ2n) is 3.68. The maximum atomic E-state index is 8.65. The summed E-state index contributed by atoms with van der Waals surface area (Å²) in [7, 11) is 1.66. The number of hydrogen-bond acceptors (Lipinski definition) is 3. The number of ether oxygens (including phenoxy) is 1. The summed E-state index contributed by atoms with van der Waals surface area (Å²) in [6.45, 7) is 4.65. The Balaban J connectivity index is 3.18. The molecule has 0 saturated carbocycles. The van der Waals surface area contributed by atoms with E-state index in [0.29, 0.717) is 12.5 Å². The Hall–Kier alpha value is -0.580. The molecule has 0 aliphatic heterocycles. The van der Waals surface area contributed by atoms with Crippen molar-refractivity contribution < 1.29 is 9.94 Å². The summed E-state index contributed by atoms with van der Waals surface area (Å²) in [6.07, 6.45) is 0. The van der Waals surface area contributed by atoms with Gasteiger partial charge in [0, 0.05) is 16.6 Å². The third-order valence-corrected chi connectivity index (χ3v) is 2.89. The Morgan fingerprint density at radius 2 is 2.13 bits per heavy atom. The molecule has 0 heterocycles. The van der Waals surface area contributed by atoms with Gasteiger partial charge in [-0.3, -0.25) is 0 Å². The summed E-state index contributed by atoms with van der Waals surface area (Å²) < 4.78 is 6.35. The van der Waals surface area contributed by atoms with Crippen LogP contribution in [-0.4, -0.2) is 12.3 Å². The molecule has 0 aromatic heterocycles. The summed E-state index contributed by atoms with van der Waals surface area (Å²) in [5.74, 6) is 1.25. The van der Waals surface area contributed by atoms with Crippen molar-refractivity contribution in [2.45, 2.75) is 26.3 Å². The van der Waals surface area contributed by atoms with Crippen LogP contribution in [0.3, 0.4) is 0 Å². The molecule has 0 saturated heterocycles. The SMILES string of the molecule is COc1cc(CNO)cc(Br)c1C(C)C. The van der Waals surface area contributed by atoms with Crippen LogP contribution >= 0.6 is 15.9 Å². The van der Waals surface area contributed by atoms with Gasteiger partial charge in [0.25, 0.3) is 0 Å². The Bertz CT molecular complexity index is 340. The van der Waals surface area contributed by atoms with Crippen molar-refractivity contribution >= 4 is 15.9 Å². The number of hydroxylamine groups is 1. The summed E-state index contributed by atoms with van der Waals surface area (Å²) in [4.78, 5) is 0. The molecule has 0 spiro atoms. The first kappa shape index (κ1) is 12.5. The first-order valence-corrected chi connectivity index (χ1v) is 5.62. The topological polar surface area (TPSA) is 41.5 Å². The molecule has 2 N–H and O–H groups in total. The lowest BCUT2D eigenvalue weighted by Gasteiger charge is -2.15.